The summed E-state index contributed by atoms with van der Waals surface area (Å²) in [4.78, 5) is 2.24. The summed E-state index contributed by atoms with van der Waals surface area (Å²) in [7, 11) is 2.09. The molecule has 112 valence electrons. The number of hydrogen-bond donors (Lipinski definition) is 1. The number of nitrogens with zero attached hydrogens (tertiary/aromatic N) is 1. The van der Waals surface area contributed by atoms with Gasteiger partial charge in [0.2, 0.25) is 0 Å². The molecule has 0 aliphatic rings. The second-order valence-corrected chi connectivity index (χ2v) is 5.15. The third-order valence-corrected chi connectivity index (χ3v) is 3.74. The van der Waals surface area contributed by atoms with Crippen LogP contribution in [0.2, 0.25) is 0 Å². The Morgan fingerprint density at radius 3 is 2.57 bits per heavy atom. The molecule has 3 heteroatoms. The van der Waals surface area contributed by atoms with Crippen molar-refractivity contribution in [1.29, 1.82) is 0 Å². The van der Waals surface area contributed by atoms with E-state index in [-0.39, 0.29) is 6.04 Å². The van der Waals surface area contributed by atoms with Gasteiger partial charge in [-0.25, -0.2) is 0 Å². The third kappa shape index (κ3) is 3.56. The molecule has 0 radical (unpaired) electrons. The van der Waals surface area contributed by atoms with E-state index in [1.165, 1.54) is 16.8 Å². The molecule has 2 N–H and O–H groups in total. The van der Waals surface area contributed by atoms with E-state index in [1.54, 1.807) is 0 Å². The van der Waals surface area contributed by atoms with E-state index in [1.807, 2.05) is 19.1 Å². The highest BCUT2D eigenvalue weighted by Crippen LogP contribution is 2.29. The average Bonchev–Trinajstić information content (AvgIpc) is 2.49. The van der Waals surface area contributed by atoms with Gasteiger partial charge < -0.3 is 15.4 Å². The number of para-hydroxylation sites is 1. The number of rotatable bonds is 6. The minimum absolute atomic E-state index is 0.131. The molecule has 21 heavy (non-hydrogen) atoms. The molecule has 0 spiro atoms. The summed E-state index contributed by atoms with van der Waals surface area (Å²) in [6, 6.07) is 16.7. The molecule has 0 saturated carbocycles. The number of aryl methyl sites for hydroxylation is 1. The molecule has 1 unspecified atom stereocenters. The minimum atomic E-state index is 0.131. The fourth-order valence-corrected chi connectivity index (χ4v) is 2.62. The number of benzene rings is 2. The van der Waals surface area contributed by atoms with Gasteiger partial charge in [-0.05, 0) is 43.2 Å². The van der Waals surface area contributed by atoms with E-state index in [9.17, 15) is 0 Å². The van der Waals surface area contributed by atoms with Crippen LogP contribution < -0.4 is 15.4 Å². The first-order valence-electron chi connectivity index (χ1n) is 7.38. The van der Waals surface area contributed by atoms with Crippen LogP contribution in [0, 0.1) is 6.92 Å². The summed E-state index contributed by atoms with van der Waals surface area (Å²) in [5.41, 5.74) is 9.66. The fourth-order valence-electron chi connectivity index (χ4n) is 2.62. The summed E-state index contributed by atoms with van der Waals surface area (Å²) in [6.07, 6.45) is 0. The molecule has 0 fully saturated rings. The normalized spacial score (nSPS) is 12.0. The summed E-state index contributed by atoms with van der Waals surface area (Å²) in [5.74, 6) is 0.895. The number of hydrogen-bond acceptors (Lipinski definition) is 3. The van der Waals surface area contributed by atoms with Crippen LogP contribution in [-0.2, 0) is 0 Å². The number of nitrogens with two attached hydrogens (primary N) is 1. The van der Waals surface area contributed by atoms with Crippen molar-refractivity contribution in [2.45, 2.75) is 19.9 Å². The first-order chi connectivity index (χ1) is 10.2. The topological polar surface area (TPSA) is 38.5 Å². The Morgan fingerprint density at radius 1 is 1.14 bits per heavy atom. The molecule has 0 heterocycles. The Bertz CT molecular complexity index is 583. The molecule has 0 aliphatic carbocycles. The van der Waals surface area contributed by atoms with Crippen LogP contribution in [0.15, 0.2) is 48.5 Å². The summed E-state index contributed by atoms with van der Waals surface area (Å²) in [5, 5.41) is 0. The van der Waals surface area contributed by atoms with Crippen molar-refractivity contribution < 1.29 is 4.74 Å². The zero-order chi connectivity index (χ0) is 15.2. The Morgan fingerprint density at radius 2 is 1.90 bits per heavy atom. The van der Waals surface area contributed by atoms with E-state index in [4.69, 9.17) is 10.5 Å². The van der Waals surface area contributed by atoms with E-state index in [2.05, 4.69) is 55.3 Å². The molecule has 3 nitrogen and oxygen atoms in total. The Kier molecular flexibility index (Phi) is 5.23. The SMILES string of the molecule is CCOc1cccc(C(CN)N(C)c2ccccc2C)c1. The van der Waals surface area contributed by atoms with E-state index in [0.717, 1.165) is 5.75 Å². The van der Waals surface area contributed by atoms with E-state index < -0.39 is 0 Å². The van der Waals surface area contributed by atoms with Crippen LogP contribution in [-0.4, -0.2) is 20.2 Å². The largest absolute Gasteiger partial charge is 0.494 e. The number of likely N-dealkylation sites (N-methyl/N-ethyl adjacent to an activating group) is 1. The molecule has 0 aliphatic heterocycles. The lowest BCUT2D eigenvalue weighted by molar-refractivity contribution is 0.339. The van der Waals surface area contributed by atoms with Gasteiger partial charge >= 0.3 is 0 Å². The van der Waals surface area contributed by atoms with Gasteiger partial charge in [-0.2, -0.15) is 0 Å². The van der Waals surface area contributed by atoms with Crippen LogP contribution in [0.25, 0.3) is 0 Å². The molecule has 2 aromatic rings. The van der Waals surface area contributed by atoms with Crippen molar-refractivity contribution in [2.24, 2.45) is 5.73 Å². The van der Waals surface area contributed by atoms with Gasteiger partial charge in [-0.15, -0.1) is 0 Å². The zero-order valence-electron chi connectivity index (χ0n) is 13.0. The highest BCUT2D eigenvalue weighted by molar-refractivity contribution is 5.54. The molecule has 1 atom stereocenters. The minimum Gasteiger partial charge on any atom is -0.494 e. The lowest BCUT2D eigenvalue weighted by Crippen LogP contribution is -2.30. The van der Waals surface area contributed by atoms with Crippen molar-refractivity contribution in [2.75, 3.05) is 25.1 Å². The average molecular weight is 284 g/mol. The molecule has 0 saturated heterocycles. The Balaban J connectivity index is 2.31. The van der Waals surface area contributed by atoms with Gasteiger partial charge in [0.25, 0.3) is 0 Å². The fraction of sp³-hybridized carbons (Fsp3) is 0.333. The highest BCUT2D eigenvalue weighted by atomic mass is 16.5. The van der Waals surface area contributed by atoms with E-state index >= 15 is 0 Å². The smallest absolute Gasteiger partial charge is 0.119 e. The maximum Gasteiger partial charge on any atom is 0.119 e. The summed E-state index contributed by atoms with van der Waals surface area (Å²) in [6.45, 7) is 5.34. The first-order valence-corrected chi connectivity index (χ1v) is 7.38. The third-order valence-electron chi connectivity index (χ3n) is 3.74. The summed E-state index contributed by atoms with van der Waals surface area (Å²) >= 11 is 0. The molecule has 2 aromatic carbocycles. The van der Waals surface area contributed by atoms with E-state index in [0.29, 0.717) is 13.2 Å². The van der Waals surface area contributed by atoms with Crippen molar-refractivity contribution in [3.8, 4) is 5.75 Å². The molecule has 2 rings (SSSR count). The first kappa shape index (κ1) is 15.4. The Labute approximate surface area is 127 Å². The van der Waals surface area contributed by atoms with Gasteiger partial charge in [-0.3, -0.25) is 0 Å². The van der Waals surface area contributed by atoms with Crippen LogP contribution in [0.1, 0.15) is 24.1 Å². The van der Waals surface area contributed by atoms with Crippen LogP contribution in [0.3, 0.4) is 0 Å². The van der Waals surface area contributed by atoms with Crippen LogP contribution >= 0.6 is 0 Å². The molecular formula is C18H24N2O. The van der Waals surface area contributed by atoms with Gasteiger partial charge in [0.05, 0.1) is 12.6 Å². The highest BCUT2D eigenvalue weighted by Gasteiger charge is 2.17. The second-order valence-electron chi connectivity index (χ2n) is 5.15. The predicted octanol–water partition coefficient (Wildman–Crippen LogP) is 3.53. The van der Waals surface area contributed by atoms with Gasteiger partial charge in [0.1, 0.15) is 5.75 Å². The van der Waals surface area contributed by atoms with Crippen LogP contribution in [0.4, 0.5) is 5.69 Å². The van der Waals surface area contributed by atoms with Crippen molar-refractivity contribution >= 4 is 5.69 Å². The van der Waals surface area contributed by atoms with Gasteiger partial charge in [0.15, 0.2) is 0 Å². The maximum atomic E-state index is 6.03. The van der Waals surface area contributed by atoms with Crippen molar-refractivity contribution in [3.05, 3.63) is 59.7 Å². The van der Waals surface area contributed by atoms with Gasteiger partial charge in [0, 0.05) is 19.3 Å². The molecule has 0 aromatic heterocycles. The predicted molar refractivity (Wildman–Crippen MR) is 89.0 cm³/mol. The zero-order valence-corrected chi connectivity index (χ0v) is 13.0. The molecule has 0 bridgehead atoms. The summed E-state index contributed by atoms with van der Waals surface area (Å²) < 4.78 is 5.59. The maximum absolute atomic E-state index is 6.03. The monoisotopic (exact) mass is 284 g/mol. The molecular weight excluding hydrogens is 260 g/mol. The second kappa shape index (κ2) is 7.14. The van der Waals surface area contributed by atoms with Crippen molar-refractivity contribution in [3.63, 3.8) is 0 Å². The quantitative estimate of drug-likeness (QED) is 0.882. The Hall–Kier alpha value is -2.00. The number of ether oxygens (including phenoxy) is 1. The lowest BCUT2D eigenvalue weighted by Gasteiger charge is -2.31. The lowest BCUT2D eigenvalue weighted by atomic mass is 10.0. The number of anilines is 1. The van der Waals surface area contributed by atoms with Gasteiger partial charge in [-0.1, -0.05) is 30.3 Å². The standard InChI is InChI=1S/C18H24N2O/c1-4-21-16-10-7-9-15(12-16)18(13-19)20(3)17-11-6-5-8-14(17)2/h5-12,18H,4,13,19H2,1-3H3. The van der Waals surface area contributed by atoms with Crippen molar-refractivity contribution in [1.82, 2.24) is 0 Å². The molecule has 0 amide bonds. The van der Waals surface area contributed by atoms with Crippen LogP contribution in [0.5, 0.6) is 5.75 Å².